The molecule has 212 valence electrons. The van der Waals surface area contributed by atoms with Crippen LogP contribution in [0.1, 0.15) is 90.1 Å². The minimum atomic E-state index is -1.25. The lowest BCUT2D eigenvalue weighted by molar-refractivity contribution is -0.144. The normalized spacial score (nSPS) is 34.2. The van der Waals surface area contributed by atoms with Gasteiger partial charge in [-0.2, -0.15) is 0 Å². The molecule has 1 aromatic heterocycles. The first-order valence-electron chi connectivity index (χ1n) is 14.0. The predicted octanol–water partition coefficient (Wildman–Crippen LogP) is 4.40. The second-order valence-corrected chi connectivity index (χ2v) is 12.3. The molecule has 1 aromatic carbocycles. The Kier molecular flexibility index (Phi) is 8.55. The summed E-state index contributed by atoms with van der Waals surface area (Å²) in [5.41, 5.74) is 0.690. The summed E-state index contributed by atoms with van der Waals surface area (Å²) in [6.07, 6.45) is 6.67. The Hall–Kier alpha value is -2.73. The average Bonchev–Trinajstić information content (AvgIpc) is 3.34. The van der Waals surface area contributed by atoms with E-state index >= 15 is 0 Å². The van der Waals surface area contributed by atoms with Gasteiger partial charge in [-0.15, -0.1) is 12.3 Å². The summed E-state index contributed by atoms with van der Waals surface area (Å²) in [4.78, 5) is 31.4. The summed E-state index contributed by atoms with van der Waals surface area (Å²) >= 11 is 0. The third-order valence-corrected chi connectivity index (χ3v) is 8.85. The van der Waals surface area contributed by atoms with Crippen molar-refractivity contribution in [2.75, 3.05) is 0 Å². The Labute approximate surface area is 230 Å². The van der Waals surface area contributed by atoms with E-state index in [1.165, 1.54) is 0 Å². The number of oxazole rings is 1. The van der Waals surface area contributed by atoms with Crippen molar-refractivity contribution in [3.63, 3.8) is 0 Å². The van der Waals surface area contributed by atoms with Crippen LogP contribution in [0.25, 0.3) is 11.1 Å². The molecule has 0 bridgehead atoms. The minimum Gasteiger partial charge on any atom is -0.441 e. The quantitative estimate of drug-likeness (QED) is 0.391. The number of terminal acetylenes is 1. The Bertz CT molecular complexity index is 1250. The van der Waals surface area contributed by atoms with Gasteiger partial charge in [0.2, 0.25) is 5.91 Å². The van der Waals surface area contributed by atoms with Crippen LogP contribution in [-0.4, -0.2) is 50.8 Å². The number of aliphatic hydroxyl groups excluding tert-OH is 2. The number of nitrogens with zero attached hydrogens (tertiary/aromatic N) is 1. The number of rotatable bonds is 3. The molecule has 3 N–H and O–H groups in total. The maximum atomic E-state index is 13.7. The molecule has 0 saturated carbocycles. The number of aryl methyl sites for hydroxylation is 1. The number of Topliss-reactive ketones (excluding diaryl/α,β-unsaturated/α-hetero) is 1. The van der Waals surface area contributed by atoms with Crippen LogP contribution < -0.4 is 5.32 Å². The Morgan fingerprint density at radius 3 is 2.69 bits per heavy atom. The van der Waals surface area contributed by atoms with Crippen LogP contribution >= 0.6 is 0 Å². The maximum Gasteiger partial charge on any atom is 0.223 e. The monoisotopic (exact) mass is 538 g/mol. The maximum absolute atomic E-state index is 13.7. The van der Waals surface area contributed by atoms with E-state index in [2.05, 4.69) is 23.1 Å². The Morgan fingerprint density at radius 2 is 1.97 bits per heavy atom. The largest absolute Gasteiger partial charge is 0.441 e. The molecule has 2 fully saturated rings. The van der Waals surface area contributed by atoms with Gasteiger partial charge >= 0.3 is 0 Å². The lowest BCUT2D eigenvalue weighted by Crippen LogP contribution is -2.47. The number of fused-ring (bicyclic) bond motifs is 2. The fraction of sp³-hybridized carbons (Fsp3) is 0.645. The van der Waals surface area contributed by atoms with Crippen LogP contribution in [0.2, 0.25) is 0 Å². The number of hydrogen-bond donors (Lipinski definition) is 3. The van der Waals surface area contributed by atoms with E-state index in [-0.39, 0.29) is 41.8 Å². The van der Waals surface area contributed by atoms with Crippen molar-refractivity contribution in [2.45, 2.75) is 110 Å². The zero-order valence-corrected chi connectivity index (χ0v) is 23.7. The van der Waals surface area contributed by atoms with Crippen molar-refractivity contribution in [1.29, 1.82) is 0 Å². The van der Waals surface area contributed by atoms with Gasteiger partial charge in [0, 0.05) is 25.7 Å². The first-order valence-corrected chi connectivity index (χ1v) is 14.0. The Balaban J connectivity index is 1.63. The van der Waals surface area contributed by atoms with Crippen molar-refractivity contribution < 1.29 is 29.0 Å². The molecule has 7 unspecified atom stereocenters. The first kappa shape index (κ1) is 29.3. The van der Waals surface area contributed by atoms with Crippen molar-refractivity contribution in [2.24, 2.45) is 17.3 Å². The van der Waals surface area contributed by atoms with Crippen LogP contribution in [0.4, 0.5) is 0 Å². The average molecular weight is 539 g/mol. The van der Waals surface area contributed by atoms with E-state index in [0.29, 0.717) is 36.3 Å². The molecule has 0 radical (unpaired) electrons. The molecular weight excluding hydrogens is 496 g/mol. The highest BCUT2D eigenvalue weighted by Crippen LogP contribution is 2.46. The number of amides is 1. The number of ether oxygens (including phenoxy) is 1. The summed E-state index contributed by atoms with van der Waals surface area (Å²) < 4.78 is 11.8. The molecule has 8 heteroatoms. The molecule has 4 rings (SSSR count). The summed E-state index contributed by atoms with van der Waals surface area (Å²) in [7, 11) is 0. The van der Waals surface area contributed by atoms with E-state index in [1.54, 1.807) is 20.8 Å². The highest BCUT2D eigenvalue weighted by molar-refractivity contribution is 5.88. The Morgan fingerprint density at radius 1 is 1.23 bits per heavy atom. The fourth-order valence-electron chi connectivity index (χ4n) is 5.94. The lowest BCUT2D eigenvalue weighted by Gasteiger charge is -2.36. The van der Waals surface area contributed by atoms with Gasteiger partial charge in [-0.3, -0.25) is 9.59 Å². The number of ketones is 1. The SMILES string of the molecule is C#CCCC1C(=O)C(C)(C)C(O)CC(=O)NC(c2ccc3oc(C)nc3c2)CC2OC2(C)CCCC(C)C1O. The molecule has 2 aliphatic rings. The fourth-order valence-corrected chi connectivity index (χ4v) is 5.94. The van der Waals surface area contributed by atoms with Crippen LogP contribution in [0.5, 0.6) is 0 Å². The molecular formula is C31H42N2O6. The summed E-state index contributed by atoms with van der Waals surface area (Å²) in [5, 5.41) is 25.4. The van der Waals surface area contributed by atoms with Gasteiger partial charge in [-0.05, 0) is 49.8 Å². The zero-order valence-electron chi connectivity index (χ0n) is 23.7. The number of epoxide rings is 1. The molecule has 0 aliphatic carbocycles. The molecule has 1 amide bonds. The lowest BCUT2D eigenvalue weighted by atomic mass is 9.71. The third kappa shape index (κ3) is 6.37. The standard InChI is InChI=1S/C31H42N2O6/c1-7-8-11-21-28(36)18(2)10-9-14-31(6)26(39-31)16-22(20-12-13-24-23(15-20)32-19(3)38-24)33-27(35)17-25(34)30(4,5)29(21)37/h1,12-13,15,18,21-22,25-26,28,34,36H,8-11,14,16-17H2,2-6H3,(H,33,35). The summed E-state index contributed by atoms with van der Waals surface area (Å²) in [6, 6.07) is 5.31. The highest BCUT2D eigenvalue weighted by Gasteiger charge is 2.52. The van der Waals surface area contributed by atoms with Crippen molar-refractivity contribution in [3.8, 4) is 12.3 Å². The van der Waals surface area contributed by atoms with Crippen LogP contribution in [0.15, 0.2) is 22.6 Å². The second-order valence-electron chi connectivity index (χ2n) is 12.3. The van der Waals surface area contributed by atoms with Gasteiger partial charge in [0.15, 0.2) is 11.5 Å². The van der Waals surface area contributed by atoms with Gasteiger partial charge in [0.1, 0.15) is 11.3 Å². The summed E-state index contributed by atoms with van der Waals surface area (Å²) in [5.74, 6) is 1.64. The van der Waals surface area contributed by atoms with E-state index in [4.69, 9.17) is 15.6 Å². The third-order valence-electron chi connectivity index (χ3n) is 8.85. The molecule has 39 heavy (non-hydrogen) atoms. The number of hydrogen-bond acceptors (Lipinski definition) is 7. The first-order chi connectivity index (χ1) is 18.4. The highest BCUT2D eigenvalue weighted by atomic mass is 16.6. The smallest absolute Gasteiger partial charge is 0.223 e. The minimum absolute atomic E-state index is 0.0444. The molecule has 8 nitrogen and oxygen atoms in total. The van der Waals surface area contributed by atoms with Gasteiger partial charge in [0.05, 0.1) is 41.8 Å². The number of carbonyl (C=O) groups is 2. The number of aromatic nitrogens is 1. The van der Waals surface area contributed by atoms with Crippen molar-refractivity contribution in [1.82, 2.24) is 10.3 Å². The van der Waals surface area contributed by atoms with Crippen molar-refractivity contribution in [3.05, 3.63) is 29.7 Å². The number of nitrogens with one attached hydrogen (secondary N) is 1. The van der Waals surface area contributed by atoms with Crippen LogP contribution in [-0.2, 0) is 14.3 Å². The summed E-state index contributed by atoms with van der Waals surface area (Å²) in [6.45, 7) is 9.10. The molecule has 3 heterocycles. The zero-order chi connectivity index (χ0) is 28.5. The van der Waals surface area contributed by atoms with E-state index in [9.17, 15) is 19.8 Å². The predicted molar refractivity (Wildman–Crippen MR) is 148 cm³/mol. The molecule has 7 atom stereocenters. The van der Waals surface area contributed by atoms with Gasteiger partial charge in [0.25, 0.3) is 0 Å². The topological polar surface area (TPSA) is 125 Å². The van der Waals surface area contributed by atoms with Crippen LogP contribution in [0.3, 0.4) is 0 Å². The van der Waals surface area contributed by atoms with Crippen LogP contribution in [0, 0.1) is 36.5 Å². The van der Waals surface area contributed by atoms with E-state index < -0.39 is 23.5 Å². The number of benzene rings is 1. The van der Waals surface area contributed by atoms with Gasteiger partial charge in [-0.25, -0.2) is 4.98 Å². The van der Waals surface area contributed by atoms with Gasteiger partial charge in [-0.1, -0.05) is 33.3 Å². The number of carbonyl (C=O) groups excluding carboxylic acids is 2. The number of aliphatic hydroxyl groups is 2. The van der Waals surface area contributed by atoms with Gasteiger partial charge < -0.3 is 24.7 Å². The van der Waals surface area contributed by atoms with Crippen molar-refractivity contribution >= 4 is 22.8 Å². The van der Waals surface area contributed by atoms with E-state index in [0.717, 1.165) is 24.8 Å². The molecule has 2 saturated heterocycles. The second kappa shape index (κ2) is 11.4. The molecule has 2 aromatic rings. The molecule has 0 spiro atoms. The van der Waals surface area contributed by atoms with E-state index in [1.807, 2.05) is 25.1 Å². The molecule has 2 aliphatic heterocycles.